The second kappa shape index (κ2) is 5.22. The molecule has 0 atom stereocenters. The van der Waals surface area contributed by atoms with Crippen molar-refractivity contribution >= 4 is 39.0 Å². The van der Waals surface area contributed by atoms with Crippen LogP contribution in [0.5, 0.6) is 0 Å². The van der Waals surface area contributed by atoms with Crippen molar-refractivity contribution in [2.24, 2.45) is 0 Å². The predicted octanol–water partition coefficient (Wildman–Crippen LogP) is 2.62. The number of nitrogens with one attached hydrogen (secondary N) is 1. The Bertz CT molecular complexity index is 772. The number of methoxy groups -OCH3 is 1. The molecule has 0 unspecified atom stereocenters. The van der Waals surface area contributed by atoms with Crippen LogP contribution < -0.4 is 5.32 Å². The summed E-state index contributed by atoms with van der Waals surface area (Å²) in [7, 11) is 1.31. The second-order valence-electron chi connectivity index (χ2n) is 3.94. The van der Waals surface area contributed by atoms with Gasteiger partial charge in [0.15, 0.2) is 5.69 Å². The lowest BCUT2D eigenvalue weighted by molar-refractivity contribution is 0.0593. The molecular formula is C13H10N4O2S. The average Bonchev–Trinajstić information content (AvgIpc) is 2.94. The van der Waals surface area contributed by atoms with Crippen LogP contribution in [0.1, 0.15) is 10.5 Å². The Kier molecular flexibility index (Phi) is 3.26. The number of fused-ring (bicyclic) bond motifs is 1. The van der Waals surface area contributed by atoms with Gasteiger partial charge in [-0.25, -0.2) is 14.8 Å². The first kappa shape index (κ1) is 12.5. The molecule has 0 amide bonds. The van der Waals surface area contributed by atoms with Gasteiger partial charge in [0.25, 0.3) is 0 Å². The van der Waals surface area contributed by atoms with Gasteiger partial charge in [-0.1, -0.05) is 0 Å². The minimum atomic E-state index is -0.515. The number of carbonyl (C=O) groups excluding carboxylic acids is 1. The largest absolute Gasteiger partial charge is 0.464 e. The average molecular weight is 286 g/mol. The zero-order valence-corrected chi connectivity index (χ0v) is 11.3. The Morgan fingerprint density at radius 1 is 1.35 bits per heavy atom. The van der Waals surface area contributed by atoms with E-state index in [0.717, 1.165) is 15.9 Å². The smallest absolute Gasteiger partial charge is 0.358 e. The van der Waals surface area contributed by atoms with Crippen LogP contribution in [0.3, 0.4) is 0 Å². The molecule has 0 aliphatic rings. The highest BCUT2D eigenvalue weighted by molar-refractivity contribution is 7.16. The Morgan fingerprint density at radius 2 is 2.25 bits per heavy atom. The topological polar surface area (TPSA) is 77.0 Å². The lowest BCUT2D eigenvalue weighted by Gasteiger charge is -2.06. The number of benzene rings is 1. The molecule has 0 aliphatic carbocycles. The fourth-order valence-electron chi connectivity index (χ4n) is 1.71. The van der Waals surface area contributed by atoms with Crippen LogP contribution in [0.2, 0.25) is 0 Å². The molecule has 0 fully saturated rings. The summed E-state index contributed by atoms with van der Waals surface area (Å²) in [5.41, 5.74) is 3.77. The fourth-order valence-corrected chi connectivity index (χ4v) is 2.43. The summed E-state index contributed by atoms with van der Waals surface area (Å²) in [6.45, 7) is 0. The molecule has 0 radical (unpaired) electrons. The summed E-state index contributed by atoms with van der Waals surface area (Å²) in [6, 6.07) is 5.79. The van der Waals surface area contributed by atoms with Gasteiger partial charge >= 0.3 is 5.97 Å². The third-order valence-corrected chi connectivity index (χ3v) is 3.42. The molecule has 1 aromatic carbocycles. The number of rotatable bonds is 3. The molecule has 1 N–H and O–H groups in total. The van der Waals surface area contributed by atoms with Crippen molar-refractivity contribution < 1.29 is 9.53 Å². The van der Waals surface area contributed by atoms with Crippen LogP contribution in [0, 0.1) is 0 Å². The van der Waals surface area contributed by atoms with Crippen molar-refractivity contribution in [1.82, 2.24) is 15.0 Å². The van der Waals surface area contributed by atoms with E-state index in [1.54, 1.807) is 23.0 Å². The number of thiazole rings is 1. The number of nitrogens with zero attached hydrogens (tertiary/aromatic N) is 3. The van der Waals surface area contributed by atoms with Gasteiger partial charge in [0.2, 0.25) is 0 Å². The van der Waals surface area contributed by atoms with Crippen molar-refractivity contribution in [3.05, 3.63) is 41.8 Å². The van der Waals surface area contributed by atoms with Crippen molar-refractivity contribution in [2.45, 2.75) is 0 Å². The Labute approximate surface area is 118 Å². The van der Waals surface area contributed by atoms with Gasteiger partial charge in [-0.15, -0.1) is 11.3 Å². The minimum Gasteiger partial charge on any atom is -0.464 e. The maximum atomic E-state index is 11.4. The lowest BCUT2D eigenvalue weighted by Crippen LogP contribution is -2.06. The van der Waals surface area contributed by atoms with E-state index in [2.05, 4.69) is 25.0 Å². The molecule has 0 bridgehead atoms. The van der Waals surface area contributed by atoms with E-state index in [9.17, 15) is 4.79 Å². The molecule has 100 valence electrons. The van der Waals surface area contributed by atoms with Crippen LogP contribution in [0.15, 0.2) is 36.1 Å². The summed E-state index contributed by atoms with van der Waals surface area (Å²) in [4.78, 5) is 23.7. The molecule has 0 saturated carbocycles. The molecule has 7 heteroatoms. The van der Waals surface area contributed by atoms with E-state index in [4.69, 9.17) is 0 Å². The normalized spacial score (nSPS) is 10.4. The van der Waals surface area contributed by atoms with Crippen LogP contribution in [-0.2, 0) is 4.74 Å². The lowest BCUT2D eigenvalue weighted by atomic mass is 10.3. The zero-order valence-electron chi connectivity index (χ0n) is 10.5. The van der Waals surface area contributed by atoms with E-state index in [1.165, 1.54) is 13.3 Å². The quantitative estimate of drug-likeness (QED) is 0.746. The molecule has 20 heavy (non-hydrogen) atoms. The number of hydrogen-bond donors (Lipinski definition) is 1. The van der Waals surface area contributed by atoms with Gasteiger partial charge in [-0.05, 0) is 18.2 Å². The highest BCUT2D eigenvalue weighted by atomic mass is 32.1. The van der Waals surface area contributed by atoms with E-state index in [0.29, 0.717) is 5.82 Å². The second-order valence-corrected chi connectivity index (χ2v) is 4.83. The van der Waals surface area contributed by atoms with Gasteiger partial charge in [-0.2, -0.15) is 0 Å². The molecule has 6 nitrogen and oxygen atoms in total. The number of esters is 1. The Balaban J connectivity index is 1.88. The third-order valence-electron chi connectivity index (χ3n) is 2.63. The zero-order chi connectivity index (χ0) is 13.9. The summed E-state index contributed by atoms with van der Waals surface area (Å²) >= 11 is 1.56. The van der Waals surface area contributed by atoms with Crippen LogP contribution in [0.25, 0.3) is 10.2 Å². The molecule has 2 heterocycles. The van der Waals surface area contributed by atoms with Gasteiger partial charge in [0.05, 0.1) is 35.2 Å². The number of hydrogen-bond acceptors (Lipinski definition) is 7. The molecule has 0 saturated heterocycles. The number of anilines is 2. The van der Waals surface area contributed by atoms with E-state index in [1.807, 2.05) is 18.2 Å². The van der Waals surface area contributed by atoms with Crippen molar-refractivity contribution in [1.29, 1.82) is 0 Å². The van der Waals surface area contributed by atoms with E-state index in [-0.39, 0.29) is 5.69 Å². The van der Waals surface area contributed by atoms with Crippen molar-refractivity contribution in [3.63, 3.8) is 0 Å². The first-order valence-electron chi connectivity index (χ1n) is 5.77. The number of ether oxygens (including phenoxy) is 1. The maximum Gasteiger partial charge on any atom is 0.358 e. The highest BCUT2D eigenvalue weighted by Gasteiger charge is 2.08. The minimum absolute atomic E-state index is 0.163. The van der Waals surface area contributed by atoms with Crippen LogP contribution in [0.4, 0.5) is 11.5 Å². The monoisotopic (exact) mass is 286 g/mol. The standard InChI is InChI=1S/C13H10N4O2S/c1-19-13(18)10-5-14-6-12(17-10)16-8-2-3-9-11(4-8)20-7-15-9/h2-7H,1H3,(H,16,17). The van der Waals surface area contributed by atoms with Crippen molar-refractivity contribution in [2.75, 3.05) is 12.4 Å². The Morgan fingerprint density at radius 3 is 3.10 bits per heavy atom. The summed E-state index contributed by atoms with van der Waals surface area (Å²) < 4.78 is 5.69. The van der Waals surface area contributed by atoms with Crippen molar-refractivity contribution in [3.8, 4) is 0 Å². The SMILES string of the molecule is COC(=O)c1cncc(Nc2ccc3ncsc3c2)n1. The van der Waals surface area contributed by atoms with Gasteiger partial charge in [-0.3, -0.25) is 4.98 Å². The molecule has 2 aromatic heterocycles. The summed E-state index contributed by atoms with van der Waals surface area (Å²) in [5, 5.41) is 3.10. The summed E-state index contributed by atoms with van der Waals surface area (Å²) in [5.74, 6) is -0.0316. The molecule has 3 rings (SSSR count). The molecular weight excluding hydrogens is 276 g/mol. The number of aromatic nitrogens is 3. The predicted molar refractivity (Wildman–Crippen MR) is 76.3 cm³/mol. The van der Waals surface area contributed by atoms with Gasteiger partial charge in [0, 0.05) is 5.69 Å². The van der Waals surface area contributed by atoms with Crippen LogP contribution in [-0.4, -0.2) is 28.0 Å². The molecule has 0 spiro atoms. The maximum absolute atomic E-state index is 11.4. The van der Waals surface area contributed by atoms with Crippen LogP contribution >= 0.6 is 11.3 Å². The fraction of sp³-hybridized carbons (Fsp3) is 0.0769. The summed E-state index contributed by atoms with van der Waals surface area (Å²) in [6.07, 6.45) is 2.91. The Hall–Kier alpha value is -2.54. The van der Waals surface area contributed by atoms with Gasteiger partial charge < -0.3 is 10.1 Å². The third kappa shape index (κ3) is 2.43. The van der Waals surface area contributed by atoms with E-state index < -0.39 is 5.97 Å². The number of carbonyl (C=O) groups is 1. The van der Waals surface area contributed by atoms with E-state index >= 15 is 0 Å². The first-order chi connectivity index (χ1) is 9.76. The first-order valence-corrected chi connectivity index (χ1v) is 6.65. The van der Waals surface area contributed by atoms with Gasteiger partial charge in [0.1, 0.15) is 5.82 Å². The molecule has 3 aromatic rings. The highest BCUT2D eigenvalue weighted by Crippen LogP contribution is 2.23. The molecule has 0 aliphatic heterocycles.